The van der Waals surface area contributed by atoms with Gasteiger partial charge in [-0.3, -0.25) is 9.69 Å². The van der Waals surface area contributed by atoms with E-state index in [4.69, 9.17) is 0 Å². The van der Waals surface area contributed by atoms with E-state index >= 15 is 0 Å². The second-order valence-corrected chi connectivity index (χ2v) is 7.91. The largest absolute Gasteiger partial charge is 0.347 e. The van der Waals surface area contributed by atoms with Crippen LogP contribution in [-0.4, -0.2) is 36.0 Å². The third-order valence-electron chi connectivity index (χ3n) is 5.41. The number of aryl methyl sites for hydroxylation is 1. The molecule has 1 aromatic heterocycles. The lowest BCUT2D eigenvalue weighted by atomic mass is 9.98. The number of nitrogens with one attached hydrogen (secondary N) is 1. The van der Waals surface area contributed by atoms with Crippen molar-refractivity contribution in [1.29, 1.82) is 0 Å². The molecular formula is C20H24N2OS. The molecule has 1 aromatic carbocycles. The molecule has 2 fully saturated rings. The quantitative estimate of drug-likeness (QED) is 0.913. The SMILES string of the molecule is Cc1ccc(-c2ccsc2C(=O)N[C@@H]2CCN3CCCC[C@@H]23)cc1. The van der Waals surface area contributed by atoms with E-state index in [1.165, 1.54) is 31.4 Å². The average molecular weight is 340 g/mol. The first-order valence-electron chi connectivity index (χ1n) is 8.92. The van der Waals surface area contributed by atoms with Gasteiger partial charge in [-0.2, -0.15) is 0 Å². The Morgan fingerprint density at radius 3 is 2.79 bits per heavy atom. The molecule has 0 spiro atoms. The lowest BCUT2D eigenvalue weighted by Gasteiger charge is -2.32. The van der Waals surface area contributed by atoms with Crippen LogP contribution < -0.4 is 5.32 Å². The van der Waals surface area contributed by atoms with Crippen LogP contribution in [0.1, 0.15) is 40.9 Å². The van der Waals surface area contributed by atoms with Gasteiger partial charge in [-0.1, -0.05) is 36.2 Å². The maximum atomic E-state index is 12.9. The highest BCUT2D eigenvalue weighted by Gasteiger charge is 2.36. The van der Waals surface area contributed by atoms with Gasteiger partial charge in [0.1, 0.15) is 0 Å². The first kappa shape index (κ1) is 15.9. The summed E-state index contributed by atoms with van der Waals surface area (Å²) in [4.78, 5) is 16.3. The number of carbonyl (C=O) groups is 1. The zero-order valence-electron chi connectivity index (χ0n) is 14.1. The van der Waals surface area contributed by atoms with Crippen molar-refractivity contribution in [3.63, 3.8) is 0 Å². The van der Waals surface area contributed by atoms with E-state index in [1.807, 2.05) is 5.38 Å². The molecule has 2 atom stereocenters. The van der Waals surface area contributed by atoms with Crippen LogP contribution in [0.3, 0.4) is 0 Å². The minimum absolute atomic E-state index is 0.0954. The Morgan fingerprint density at radius 2 is 1.96 bits per heavy atom. The van der Waals surface area contributed by atoms with Gasteiger partial charge in [0.05, 0.1) is 4.88 Å². The van der Waals surface area contributed by atoms with E-state index in [0.717, 1.165) is 29.0 Å². The van der Waals surface area contributed by atoms with Crippen LogP contribution in [0.4, 0.5) is 0 Å². The van der Waals surface area contributed by atoms with Crippen LogP contribution in [0, 0.1) is 6.92 Å². The van der Waals surface area contributed by atoms with Gasteiger partial charge in [-0.05, 0) is 49.7 Å². The van der Waals surface area contributed by atoms with Crippen molar-refractivity contribution < 1.29 is 4.79 Å². The Kier molecular flexibility index (Phi) is 4.42. The topological polar surface area (TPSA) is 32.3 Å². The third-order valence-corrected chi connectivity index (χ3v) is 6.32. The van der Waals surface area contributed by atoms with Crippen molar-refractivity contribution in [3.8, 4) is 11.1 Å². The predicted octanol–water partition coefficient (Wildman–Crippen LogP) is 4.08. The van der Waals surface area contributed by atoms with Gasteiger partial charge in [-0.15, -0.1) is 11.3 Å². The van der Waals surface area contributed by atoms with E-state index in [9.17, 15) is 4.79 Å². The number of thiophene rings is 1. The van der Waals surface area contributed by atoms with Crippen LogP contribution in [0.5, 0.6) is 0 Å². The molecule has 24 heavy (non-hydrogen) atoms. The smallest absolute Gasteiger partial charge is 0.262 e. The van der Waals surface area contributed by atoms with Gasteiger partial charge < -0.3 is 5.32 Å². The molecule has 2 aliphatic rings. The molecule has 126 valence electrons. The van der Waals surface area contributed by atoms with Crippen LogP contribution in [0.15, 0.2) is 35.7 Å². The highest BCUT2D eigenvalue weighted by atomic mass is 32.1. The maximum absolute atomic E-state index is 12.9. The Morgan fingerprint density at radius 1 is 1.12 bits per heavy atom. The van der Waals surface area contributed by atoms with Crippen LogP contribution in [0.25, 0.3) is 11.1 Å². The summed E-state index contributed by atoms with van der Waals surface area (Å²) in [6, 6.07) is 11.3. The molecule has 0 aliphatic carbocycles. The number of rotatable bonds is 3. The standard InChI is InChI=1S/C20H24N2OS/c1-14-5-7-15(8-6-14)16-10-13-24-19(16)20(23)21-17-9-12-22-11-3-2-4-18(17)22/h5-8,10,13,17-18H,2-4,9,11-12H2,1H3,(H,21,23)/t17-,18+/m1/s1. The monoisotopic (exact) mass is 340 g/mol. The van der Waals surface area contributed by atoms with E-state index in [0.29, 0.717) is 12.1 Å². The van der Waals surface area contributed by atoms with Crippen molar-refractivity contribution in [2.75, 3.05) is 13.1 Å². The Labute approximate surface area is 147 Å². The number of amides is 1. The second kappa shape index (κ2) is 6.69. The summed E-state index contributed by atoms with van der Waals surface area (Å²) in [5.41, 5.74) is 3.41. The average Bonchev–Trinajstić information content (AvgIpc) is 3.23. The normalized spacial score (nSPS) is 23.9. The van der Waals surface area contributed by atoms with Gasteiger partial charge in [0.25, 0.3) is 5.91 Å². The summed E-state index contributed by atoms with van der Waals surface area (Å²) in [6.45, 7) is 4.41. The summed E-state index contributed by atoms with van der Waals surface area (Å²) in [5, 5.41) is 5.35. The number of carbonyl (C=O) groups excluding carboxylic acids is 1. The molecule has 4 heteroatoms. The number of fused-ring (bicyclic) bond motifs is 1. The number of hydrogen-bond donors (Lipinski definition) is 1. The lowest BCUT2D eigenvalue weighted by Crippen LogP contribution is -2.46. The highest BCUT2D eigenvalue weighted by molar-refractivity contribution is 7.12. The van der Waals surface area contributed by atoms with Crippen molar-refractivity contribution in [2.24, 2.45) is 0 Å². The lowest BCUT2D eigenvalue weighted by molar-refractivity contribution is 0.0920. The van der Waals surface area contributed by atoms with Crippen molar-refractivity contribution in [1.82, 2.24) is 10.2 Å². The Hall–Kier alpha value is -1.65. The van der Waals surface area contributed by atoms with E-state index in [1.54, 1.807) is 11.3 Å². The number of nitrogens with zero attached hydrogens (tertiary/aromatic N) is 1. The summed E-state index contributed by atoms with van der Waals surface area (Å²) in [6.07, 6.45) is 4.91. The zero-order chi connectivity index (χ0) is 16.5. The van der Waals surface area contributed by atoms with Crippen molar-refractivity contribution >= 4 is 17.2 Å². The first-order valence-corrected chi connectivity index (χ1v) is 9.80. The fraction of sp³-hybridized carbons (Fsp3) is 0.450. The number of piperidine rings is 1. The third kappa shape index (κ3) is 3.01. The Balaban J connectivity index is 1.51. The minimum atomic E-state index is 0.0954. The molecule has 0 radical (unpaired) electrons. The molecule has 4 rings (SSSR count). The molecule has 2 aromatic rings. The van der Waals surface area contributed by atoms with Crippen molar-refractivity contribution in [3.05, 3.63) is 46.2 Å². The first-order chi connectivity index (χ1) is 11.7. The van der Waals surface area contributed by atoms with Crippen LogP contribution in [-0.2, 0) is 0 Å². The molecular weight excluding hydrogens is 316 g/mol. The van der Waals surface area contributed by atoms with Gasteiger partial charge >= 0.3 is 0 Å². The van der Waals surface area contributed by atoms with Gasteiger partial charge in [-0.25, -0.2) is 0 Å². The van der Waals surface area contributed by atoms with Gasteiger partial charge in [0, 0.05) is 24.2 Å². The molecule has 3 nitrogen and oxygen atoms in total. The summed E-state index contributed by atoms with van der Waals surface area (Å²) in [7, 11) is 0. The van der Waals surface area contributed by atoms with E-state index in [-0.39, 0.29) is 5.91 Å². The zero-order valence-corrected chi connectivity index (χ0v) is 14.9. The summed E-state index contributed by atoms with van der Waals surface area (Å²) < 4.78 is 0. The maximum Gasteiger partial charge on any atom is 0.262 e. The fourth-order valence-electron chi connectivity index (χ4n) is 4.10. The van der Waals surface area contributed by atoms with E-state index in [2.05, 4.69) is 47.5 Å². The number of benzene rings is 1. The highest BCUT2D eigenvalue weighted by Crippen LogP contribution is 2.31. The second-order valence-electron chi connectivity index (χ2n) is 7.00. The predicted molar refractivity (Wildman–Crippen MR) is 99.6 cm³/mol. The van der Waals surface area contributed by atoms with Crippen LogP contribution >= 0.6 is 11.3 Å². The van der Waals surface area contributed by atoms with Gasteiger partial charge in [0.2, 0.25) is 0 Å². The summed E-state index contributed by atoms with van der Waals surface area (Å²) >= 11 is 1.54. The van der Waals surface area contributed by atoms with Gasteiger partial charge in [0.15, 0.2) is 0 Å². The molecule has 0 unspecified atom stereocenters. The molecule has 1 N–H and O–H groups in total. The molecule has 2 saturated heterocycles. The minimum Gasteiger partial charge on any atom is -0.347 e. The summed E-state index contributed by atoms with van der Waals surface area (Å²) in [5.74, 6) is 0.0954. The number of hydrogen-bond acceptors (Lipinski definition) is 3. The molecule has 0 bridgehead atoms. The molecule has 2 aliphatic heterocycles. The fourth-order valence-corrected chi connectivity index (χ4v) is 4.91. The molecule has 0 saturated carbocycles. The molecule has 1 amide bonds. The van der Waals surface area contributed by atoms with Crippen LogP contribution in [0.2, 0.25) is 0 Å². The molecule has 3 heterocycles. The Bertz CT molecular complexity index is 721. The van der Waals surface area contributed by atoms with E-state index < -0.39 is 0 Å². The van der Waals surface area contributed by atoms with Crippen molar-refractivity contribution in [2.45, 2.75) is 44.7 Å².